The summed E-state index contributed by atoms with van der Waals surface area (Å²) in [5.74, 6) is 0.408. The van der Waals surface area contributed by atoms with E-state index in [0.29, 0.717) is 5.56 Å². The lowest BCUT2D eigenvalue weighted by molar-refractivity contribution is 0.0600. The van der Waals surface area contributed by atoms with E-state index in [0.717, 1.165) is 27.2 Å². The third-order valence-electron chi connectivity index (χ3n) is 3.23. The van der Waals surface area contributed by atoms with Gasteiger partial charge < -0.3 is 4.74 Å². The molecule has 5 heteroatoms. The first kappa shape index (κ1) is 14.5. The van der Waals surface area contributed by atoms with E-state index in [-0.39, 0.29) is 5.97 Å². The van der Waals surface area contributed by atoms with Gasteiger partial charge in [-0.05, 0) is 23.8 Å². The number of rotatable bonds is 4. The second kappa shape index (κ2) is 6.58. The summed E-state index contributed by atoms with van der Waals surface area (Å²) in [6, 6.07) is 15.4. The minimum Gasteiger partial charge on any atom is -0.465 e. The standard InChI is InChI=1S/C17H14N2O2S/c1-21-17(20)13-6-4-5-12(9-13)10-22-16-14-7-2-3-8-15(14)18-11-19-16/h2-9,11H,10H2,1H3. The van der Waals surface area contributed by atoms with Crippen molar-refractivity contribution in [3.63, 3.8) is 0 Å². The molecule has 4 nitrogen and oxygen atoms in total. The van der Waals surface area contributed by atoms with E-state index in [2.05, 4.69) is 9.97 Å². The fourth-order valence-electron chi connectivity index (χ4n) is 2.15. The van der Waals surface area contributed by atoms with Gasteiger partial charge in [0.15, 0.2) is 0 Å². The number of carbonyl (C=O) groups is 1. The zero-order valence-corrected chi connectivity index (χ0v) is 12.8. The molecule has 22 heavy (non-hydrogen) atoms. The molecule has 3 rings (SSSR count). The van der Waals surface area contributed by atoms with E-state index in [1.807, 2.05) is 42.5 Å². The maximum atomic E-state index is 11.6. The minimum absolute atomic E-state index is 0.320. The van der Waals surface area contributed by atoms with Crippen molar-refractivity contribution in [2.24, 2.45) is 0 Å². The SMILES string of the molecule is COC(=O)c1cccc(CSc2ncnc3ccccc23)c1. The number of nitrogens with zero attached hydrogens (tertiary/aromatic N) is 2. The maximum Gasteiger partial charge on any atom is 0.337 e. The zero-order chi connectivity index (χ0) is 15.4. The highest BCUT2D eigenvalue weighted by atomic mass is 32.2. The van der Waals surface area contributed by atoms with E-state index in [1.54, 1.807) is 24.2 Å². The maximum absolute atomic E-state index is 11.6. The Morgan fingerprint density at radius 2 is 2.00 bits per heavy atom. The Kier molecular flexibility index (Phi) is 4.34. The number of para-hydroxylation sites is 1. The second-order valence-electron chi connectivity index (χ2n) is 4.68. The quantitative estimate of drug-likeness (QED) is 0.418. The van der Waals surface area contributed by atoms with Gasteiger partial charge in [0, 0.05) is 11.1 Å². The van der Waals surface area contributed by atoms with Gasteiger partial charge in [-0.1, -0.05) is 30.3 Å². The van der Waals surface area contributed by atoms with E-state index in [9.17, 15) is 4.79 Å². The molecule has 0 aliphatic rings. The Hall–Kier alpha value is -2.40. The van der Waals surface area contributed by atoms with Crippen LogP contribution < -0.4 is 0 Å². The molecule has 2 aromatic carbocycles. The molecule has 110 valence electrons. The van der Waals surface area contributed by atoms with Crippen LogP contribution in [0, 0.1) is 0 Å². The lowest BCUT2D eigenvalue weighted by Gasteiger charge is -2.06. The number of aromatic nitrogens is 2. The van der Waals surface area contributed by atoms with Gasteiger partial charge >= 0.3 is 5.97 Å². The number of ether oxygens (including phenoxy) is 1. The molecule has 0 aliphatic carbocycles. The van der Waals surface area contributed by atoms with Crippen LogP contribution in [0.5, 0.6) is 0 Å². The van der Waals surface area contributed by atoms with Crippen LogP contribution in [-0.2, 0) is 10.5 Å². The van der Waals surface area contributed by atoms with Crippen molar-refractivity contribution in [2.45, 2.75) is 10.8 Å². The van der Waals surface area contributed by atoms with E-state index in [1.165, 1.54) is 7.11 Å². The Labute approximate surface area is 132 Å². The topological polar surface area (TPSA) is 52.1 Å². The fourth-order valence-corrected chi connectivity index (χ4v) is 3.09. The summed E-state index contributed by atoms with van der Waals surface area (Å²) in [6.07, 6.45) is 1.58. The Morgan fingerprint density at radius 1 is 1.14 bits per heavy atom. The number of thioether (sulfide) groups is 1. The van der Waals surface area contributed by atoms with Crippen molar-refractivity contribution in [1.29, 1.82) is 0 Å². The molecule has 0 amide bonds. The molecule has 0 atom stereocenters. The Balaban J connectivity index is 1.81. The molecule has 0 fully saturated rings. The van der Waals surface area contributed by atoms with E-state index < -0.39 is 0 Å². The number of carbonyl (C=O) groups excluding carboxylic acids is 1. The third kappa shape index (κ3) is 3.09. The highest BCUT2D eigenvalue weighted by Gasteiger charge is 2.07. The largest absolute Gasteiger partial charge is 0.465 e. The van der Waals surface area contributed by atoms with Gasteiger partial charge in [0.05, 0.1) is 18.2 Å². The van der Waals surface area contributed by atoms with Gasteiger partial charge in [0.25, 0.3) is 0 Å². The molecule has 0 saturated heterocycles. The first-order valence-corrected chi connectivity index (χ1v) is 7.76. The molecule has 0 bridgehead atoms. The highest BCUT2D eigenvalue weighted by molar-refractivity contribution is 7.98. The first-order chi connectivity index (χ1) is 10.8. The van der Waals surface area contributed by atoms with Crippen LogP contribution in [-0.4, -0.2) is 23.0 Å². The van der Waals surface area contributed by atoms with Crippen molar-refractivity contribution in [2.75, 3.05) is 7.11 Å². The molecule has 1 heterocycles. The van der Waals surface area contributed by atoms with E-state index >= 15 is 0 Å². The summed E-state index contributed by atoms with van der Waals surface area (Å²) >= 11 is 1.63. The number of hydrogen-bond donors (Lipinski definition) is 0. The van der Waals surface area contributed by atoms with Crippen molar-refractivity contribution >= 4 is 28.6 Å². The van der Waals surface area contributed by atoms with Crippen molar-refractivity contribution < 1.29 is 9.53 Å². The lowest BCUT2D eigenvalue weighted by atomic mass is 10.1. The van der Waals surface area contributed by atoms with E-state index in [4.69, 9.17) is 4.74 Å². The number of hydrogen-bond acceptors (Lipinski definition) is 5. The summed E-state index contributed by atoms with van der Waals surface area (Å²) in [6.45, 7) is 0. The molecule has 0 radical (unpaired) electrons. The smallest absolute Gasteiger partial charge is 0.337 e. The van der Waals surface area contributed by atoms with Gasteiger partial charge in [0.1, 0.15) is 11.4 Å². The average Bonchev–Trinajstić information content (AvgIpc) is 2.59. The van der Waals surface area contributed by atoms with Crippen LogP contribution in [0.4, 0.5) is 0 Å². The number of fused-ring (bicyclic) bond motifs is 1. The summed E-state index contributed by atoms with van der Waals surface area (Å²) in [7, 11) is 1.39. The summed E-state index contributed by atoms with van der Waals surface area (Å²) in [5.41, 5.74) is 2.55. The fraction of sp³-hybridized carbons (Fsp3) is 0.118. The van der Waals surface area contributed by atoms with Gasteiger partial charge in [0.2, 0.25) is 0 Å². The van der Waals surface area contributed by atoms with Crippen LogP contribution in [0.25, 0.3) is 10.9 Å². The zero-order valence-electron chi connectivity index (χ0n) is 12.0. The molecule has 0 saturated carbocycles. The van der Waals surface area contributed by atoms with Crippen LogP contribution in [0.3, 0.4) is 0 Å². The Bertz CT molecular complexity index is 815. The molecule has 0 spiro atoms. The van der Waals surface area contributed by atoms with Gasteiger partial charge in [-0.3, -0.25) is 0 Å². The first-order valence-electron chi connectivity index (χ1n) is 6.78. The summed E-state index contributed by atoms with van der Waals surface area (Å²) in [4.78, 5) is 20.2. The van der Waals surface area contributed by atoms with Crippen molar-refractivity contribution in [3.05, 3.63) is 66.0 Å². The summed E-state index contributed by atoms with van der Waals surface area (Å²) in [5, 5.41) is 1.98. The van der Waals surface area contributed by atoms with Gasteiger partial charge in [-0.15, -0.1) is 11.8 Å². The predicted molar refractivity (Wildman–Crippen MR) is 86.9 cm³/mol. The third-order valence-corrected chi connectivity index (χ3v) is 4.31. The molecule has 0 unspecified atom stereocenters. The van der Waals surface area contributed by atoms with Crippen LogP contribution in [0.15, 0.2) is 59.9 Å². The monoisotopic (exact) mass is 310 g/mol. The molecule has 0 aliphatic heterocycles. The summed E-state index contributed by atoms with van der Waals surface area (Å²) < 4.78 is 4.75. The highest BCUT2D eigenvalue weighted by Crippen LogP contribution is 2.27. The number of esters is 1. The molecular weight excluding hydrogens is 296 g/mol. The van der Waals surface area contributed by atoms with Crippen molar-refractivity contribution in [3.8, 4) is 0 Å². The van der Waals surface area contributed by atoms with Crippen molar-refractivity contribution in [1.82, 2.24) is 9.97 Å². The second-order valence-corrected chi connectivity index (χ2v) is 5.64. The molecular formula is C17H14N2O2S. The normalized spacial score (nSPS) is 10.6. The number of methoxy groups -OCH3 is 1. The van der Waals surface area contributed by atoms with Crippen LogP contribution in [0.1, 0.15) is 15.9 Å². The molecule has 0 N–H and O–H groups in total. The van der Waals surface area contributed by atoms with Crippen LogP contribution >= 0.6 is 11.8 Å². The average molecular weight is 310 g/mol. The predicted octanol–water partition coefficient (Wildman–Crippen LogP) is 3.71. The van der Waals surface area contributed by atoms with Gasteiger partial charge in [-0.25, -0.2) is 14.8 Å². The minimum atomic E-state index is -0.320. The lowest BCUT2D eigenvalue weighted by Crippen LogP contribution is -2.01. The molecule has 3 aromatic rings. The molecule has 1 aromatic heterocycles. The Morgan fingerprint density at radius 3 is 2.86 bits per heavy atom. The van der Waals surface area contributed by atoms with Crippen LogP contribution in [0.2, 0.25) is 0 Å². The van der Waals surface area contributed by atoms with Gasteiger partial charge in [-0.2, -0.15) is 0 Å². The number of benzene rings is 2.